The lowest BCUT2D eigenvalue weighted by Gasteiger charge is -2.19. The lowest BCUT2D eigenvalue weighted by molar-refractivity contribution is -0.117. The topological polar surface area (TPSA) is 94.2 Å². The Labute approximate surface area is 176 Å². The van der Waals surface area contributed by atoms with Crippen molar-refractivity contribution in [2.75, 3.05) is 32.8 Å². The van der Waals surface area contributed by atoms with E-state index in [1.165, 1.54) is 27.4 Å². The smallest absolute Gasteiger partial charge is 0.240 e. The number of hydrogen-bond acceptors (Lipinski definition) is 6. The molecule has 0 saturated carbocycles. The number of sulfonamides is 1. The minimum Gasteiger partial charge on any atom is -0.493 e. The first-order chi connectivity index (χ1) is 14.3. The Kier molecular flexibility index (Phi) is 6.52. The van der Waals surface area contributed by atoms with E-state index in [2.05, 4.69) is 4.72 Å². The minimum atomic E-state index is -3.78. The first kappa shape index (κ1) is 21.9. The van der Waals surface area contributed by atoms with Gasteiger partial charge in [0.05, 0.1) is 26.2 Å². The van der Waals surface area contributed by atoms with Crippen molar-refractivity contribution in [1.29, 1.82) is 0 Å². The van der Waals surface area contributed by atoms with Gasteiger partial charge in [-0.15, -0.1) is 0 Å². The molecule has 0 bridgehead atoms. The van der Waals surface area contributed by atoms with Crippen molar-refractivity contribution in [3.05, 3.63) is 41.5 Å². The molecule has 1 saturated heterocycles. The Hall–Kier alpha value is -2.78. The van der Waals surface area contributed by atoms with E-state index in [4.69, 9.17) is 14.2 Å². The molecule has 30 heavy (non-hydrogen) atoms. The van der Waals surface area contributed by atoms with Gasteiger partial charge in [0.2, 0.25) is 21.7 Å². The molecule has 162 valence electrons. The number of hydrogen-bond donors (Lipinski definition) is 1. The molecule has 2 aromatic carbocycles. The predicted molar refractivity (Wildman–Crippen MR) is 113 cm³/mol. The van der Waals surface area contributed by atoms with Crippen LogP contribution < -0.4 is 23.8 Å². The van der Waals surface area contributed by atoms with Crippen molar-refractivity contribution in [1.82, 2.24) is 4.72 Å². The maximum Gasteiger partial charge on any atom is 0.240 e. The second kappa shape index (κ2) is 8.93. The summed E-state index contributed by atoms with van der Waals surface area (Å²) in [6, 6.07) is 8.19. The molecule has 9 heteroatoms. The molecule has 1 N–H and O–H groups in total. The van der Waals surface area contributed by atoms with Gasteiger partial charge < -0.3 is 19.1 Å². The molecule has 0 aromatic heterocycles. The molecule has 1 aliphatic rings. The molecule has 3 rings (SSSR count). The Morgan fingerprint density at radius 3 is 2.33 bits per heavy atom. The Bertz CT molecular complexity index is 1050. The summed E-state index contributed by atoms with van der Waals surface area (Å²) in [5, 5.41) is 0. The quantitative estimate of drug-likeness (QED) is 0.686. The number of ether oxygens (including phenoxy) is 3. The van der Waals surface area contributed by atoms with Crippen LogP contribution >= 0.6 is 0 Å². The normalized spacial score (nSPS) is 14.1. The van der Waals surface area contributed by atoms with Crippen LogP contribution in [0.1, 0.15) is 24.0 Å². The van der Waals surface area contributed by atoms with Gasteiger partial charge >= 0.3 is 0 Å². The fourth-order valence-corrected chi connectivity index (χ4v) is 4.65. The van der Waals surface area contributed by atoms with Crippen molar-refractivity contribution in [2.24, 2.45) is 0 Å². The number of rotatable bonds is 8. The summed E-state index contributed by atoms with van der Waals surface area (Å²) in [6.45, 7) is 2.47. The van der Waals surface area contributed by atoms with Crippen LogP contribution in [0.5, 0.6) is 17.2 Å². The number of nitrogens with zero attached hydrogens (tertiary/aromatic N) is 1. The standard InChI is InChI=1S/C21H26N2O6S/c1-14-12-16(8-9-17(14)23-11-5-6-19(23)24)30(25,26)22-13-15-7-10-18(27-2)21(29-4)20(15)28-3/h7-10,12,22H,5-6,11,13H2,1-4H3. The van der Waals surface area contributed by atoms with Crippen LogP contribution in [0.15, 0.2) is 35.2 Å². The summed E-state index contributed by atoms with van der Waals surface area (Å²) in [6.07, 6.45) is 1.33. The first-order valence-electron chi connectivity index (χ1n) is 9.51. The number of methoxy groups -OCH3 is 3. The van der Waals surface area contributed by atoms with Gasteiger partial charge in [0.1, 0.15) is 0 Å². The van der Waals surface area contributed by atoms with Gasteiger partial charge in [-0.25, -0.2) is 13.1 Å². The van der Waals surface area contributed by atoms with Gasteiger partial charge in [-0.05, 0) is 43.2 Å². The third-order valence-electron chi connectivity index (χ3n) is 5.08. The van der Waals surface area contributed by atoms with Gasteiger partial charge in [-0.3, -0.25) is 4.79 Å². The van der Waals surface area contributed by atoms with Crippen molar-refractivity contribution in [3.63, 3.8) is 0 Å². The van der Waals surface area contributed by atoms with Crippen molar-refractivity contribution >= 4 is 21.6 Å². The van der Waals surface area contributed by atoms with Crippen LogP contribution in [0.3, 0.4) is 0 Å². The van der Waals surface area contributed by atoms with Gasteiger partial charge in [-0.2, -0.15) is 0 Å². The largest absolute Gasteiger partial charge is 0.493 e. The zero-order valence-electron chi connectivity index (χ0n) is 17.5. The highest BCUT2D eigenvalue weighted by Gasteiger charge is 2.24. The Morgan fingerprint density at radius 2 is 1.77 bits per heavy atom. The highest BCUT2D eigenvalue weighted by Crippen LogP contribution is 2.39. The van der Waals surface area contributed by atoms with Crippen molar-refractivity contribution in [2.45, 2.75) is 31.2 Å². The van der Waals surface area contributed by atoms with E-state index in [0.717, 1.165) is 17.7 Å². The van der Waals surface area contributed by atoms with Crippen LogP contribution in [0.25, 0.3) is 0 Å². The number of benzene rings is 2. The minimum absolute atomic E-state index is 0.0112. The number of nitrogens with one attached hydrogen (secondary N) is 1. The molecule has 1 heterocycles. The summed E-state index contributed by atoms with van der Waals surface area (Å²) in [7, 11) is 0.712. The molecule has 0 atom stereocenters. The third-order valence-corrected chi connectivity index (χ3v) is 6.48. The third kappa shape index (κ3) is 4.22. The molecule has 1 fully saturated rings. The van der Waals surface area contributed by atoms with E-state index in [1.54, 1.807) is 36.1 Å². The van der Waals surface area contributed by atoms with Crippen LogP contribution in [0.2, 0.25) is 0 Å². The van der Waals surface area contributed by atoms with Crippen LogP contribution in [0.4, 0.5) is 5.69 Å². The molecule has 0 aliphatic carbocycles. The van der Waals surface area contributed by atoms with Crippen molar-refractivity contribution < 1.29 is 27.4 Å². The Balaban J connectivity index is 1.82. The maximum atomic E-state index is 12.8. The van der Waals surface area contributed by atoms with Crippen LogP contribution in [-0.4, -0.2) is 42.2 Å². The van der Waals surface area contributed by atoms with Crippen LogP contribution in [-0.2, 0) is 21.4 Å². The Morgan fingerprint density at radius 1 is 1.03 bits per heavy atom. The SMILES string of the molecule is COc1ccc(CNS(=O)(=O)c2ccc(N3CCCC3=O)c(C)c2)c(OC)c1OC. The molecule has 1 amide bonds. The average molecular weight is 435 g/mol. The fraction of sp³-hybridized carbons (Fsp3) is 0.381. The summed E-state index contributed by atoms with van der Waals surface area (Å²) >= 11 is 0. The zero-order chi connectivity index (χ0) is 21.9. The molecule has 2 aromatic rings. The van der Waals surface area contributed by atoms with E-state index in [-0.39, 0.29) is 17.3 Å². The fourth-order valence-electron chi connectivity index (χ4n) is 3.56. The monoisotopic (exact) mass is 434 g/mol. The number of carbonyl (C=O) groups is 1. The van der Waals surface area contributed by atoms with Gasteiger partial charge in [0.25, 0.3) is 0 Å². The molecule has 8 nitrogen and oxygen atoms in total. The molecule has 0 spiro atoms. The van der Waals surface area contributed by atoms with E-state index in [0.29, 0.717) is 35.8 Å². The molecule has 0 unspecified atom stereocenters. The van der Waals surface area contributed by atoms with Gasteiger partial charge in [0, 0.05) is 30.8 Å². The van der Waals surface area contributed by atoms with Crippen molar-refractivity contribution in [3.8, 4) is 17.2 Å². The average Bonchev–Trinajstić information content (AvgIpc) is 3.16. The highest BCUT2D eigenvalue weighted by atomic mass is 32.2. The lowest BCUT2D eigenvalue weighted by Crippen LogP contribution is -2.26. The van der Waals surface area contributed by atoms with E-state index < -0.39 is 10.0 Å². The van der Waals surface area contributed by atoms with Crippen LogP contribution in [0, 0.1) is 6.92 Å². The maximum absolute atomic E-state index is 12.8. The summed E-state index contributed by atoms with van der Waals surface area (Å²) in [5.41, 5.74) is 2.09. The molecular weight excluding hydrogens is 408 g/mol. The number of aryl methyl sites for hydroxylation is 1. The summed E-state index contributed by atoms with van der Waals surface area (Å²) in [4.78, 5) is 13.8. The highest BCUT2D eigenvalue weighted by molar-refractivity contribution is 7.89. The molecular formula is C21H26N2O6S. The molecule has 1 aliphatic heterocycles. The lowest BCUT2D eigenvalue weighted by atomic mass is 10.1. The van der Waals surface area contributed by atoms with Gasteiger partial charge in [-0.1, -0.05) is 6.07 Å². The zero-order valence-corrected chi connectivity index (χ0v) is 18.3. The second-order valence-electron chi connectivity index (χ2n) is 6.92. The summed E-state index contributed by atoms with van der Waals surface area (Å²) in [5.74, 6) is 1.35. The first-order valence-corrected chi connectivity index (χ1v) is 11.0. The van der Waals surface area contributed by atoms with Gasteiger partial charge in [0.15, 0.2) is 11.5 Å². The number of carbonyl (C=O) groups excluding carboxylic acids is 1. The van der Waals surface area contributed by atoms with E-state index in [1.807, 2.05) is 0 Å². The van der Waals surface area contributed by atoms with E-state index in [9.17, 15) is 13.2 Å². The number of amides is 1. The second-order valence-corrected chi connectivity index (χ2v) is 8.68. The molecule has 0 radical (unpaired) electrons. The predicted octanol–water partition coefficient (Wildman–Crippen LogP) is 2.63. The van der Waals surface area contributed by atoms with E-state index >= 15 is 0 Å². The number of anilines is 1. The summed E-state index contributed by atoms with van der Waals surface area (Å²) < 4.78 is 44.3.